The zero-order valence-electron chi connectivity index (χ0n) is 11.6. The first-order chi connectivity index (χ1) is 9.47. The van der Waals surface area contributed by atoms with Gasteiger partial charge in [-0.25, -0.2) is 9.59 Å². The van der Waals surface area contributed by atoms with Gasteiger partial charge in [-0.2, -0.15) is 0 Å². The predicted molar refractivity (Wildman–Crippen MR) is 79.5 cm³/mol. The molecule has 0 saturated heterocycles. The SMILES string of the molecule is CCC(CC)CNC(=O)Nc1ccc(Cl)c(C(=O)O)c1. The zero-order valence-corrected chi connectivity index (χ0v) is 12.3. The van der Waals surface area contributed by atoms with E-state index in [1.807, 2.05) is 0 Å². The summed E-state index contributed by atoms with van der Waals surface area (Å²) in [6, 6.07) is 3.99. The minimum Gasteiger partial charge on any atom is -0.478 e. The summed E-state index contributed by atoms with van der Waals surface area (Å²) in [5.74, 6) is -0.684. The van der Waals surface area contributed by atoms with E-state index in [0.717, 1.165) is 12.8 Å². The Balaban J connectivity index is 2.62. The number of anilines is 1. The van der Waals surface area contributed by atoms with Crippen LogP contribution in [0.25, 0.3) is 0 Å². The highest BCUT2D eigenvalue weighted by atomic mass is 35.5. The molecule has 6 heteroatoms. The van der Waals surface area contributed by atoms with E-state index in [1.165, 1.54) is 12.1 Å². The Kier molecular flexibility index (Phi) is 6.31. The summed E-state index contributed by atoms with van der Waals surface area (Å²) in [5.41, 5.74) is 0.360. The van der Waals surface area contributed by atoms with Gasteiger partial charge in [-0.3, -0.25) is 0 Å². The number of hydrogen-bond acceptors (Lipinski definition) is 2. The van der Waals surface area contributed by atoms with Gasteiger partial charge in [0.05, 0.1) is 10.6 Å². The van der Waals surface area contributed by atoms with Crippen molar-refractivity contribution in [2.45, 2.75) is 26.7 Å². The molecule has 5 nitrogen and oxygen atoms in total. The zero-order chi connectivity index (χ0) is 15.1. The van der Waals surface area contributed by atoms with Crippen LogP contribution in [0.1, 0.15) is 37.0 Å². The number of carboxylic acid groups (broad SMARTS) is 1. The topological polar surface area (TPSA) is 78.4 Å². The summed E-state index contributed by atoms with van der Waals surface area (Å²) >= 11 is 5.76. The fraction of sp³-hybridized carbons (Fsp3) is 0.429. The van der Waals surface area contributed by atoms with Gasteiger partial charge in [0.25, 0.3) is 0 Å². The van der Waals surface area contributed by atoms with Crippen LogP contribution in [0.3, 0.4) is 0 Å². The van der Waals surface area contributed by atoms with Gasteiger partial charge in [-0.1, -0.05) is 38.3 Å². The monoisotopic (exact) mass is 298 g/mol. The summed E-state index contributed by atoms with van der Waals surface area (Å²) in [6.07, 6.45) is 2.00. The van der Waals surface area contributed by atoms with Gasteiger partial charge in [0.15, 0.2) is 0 Å². The molecule has 0 aliphatic carbocycles. The summed E-state index contributed by atoms with van der Waals surface area (Å²) < 4.78 is 0. The third-order valence-corrected chi connectivity index (χ3v) is 3.49. The number of benzene rings is 1. The Hall–Kier alpha value is -1.75. The van der Waals surface area contributed by atoms with Crippen LogP contribution < -0.4 is 10.6 Å². The minimum atomic E-state index is -1.13. The molecule has 1 aromatic rings. The standard InChI is InChI=1S/C14H19ClN2O3/c1-3-9(4-2)8-16-14(20)17-10-5-6-12(15)11(7-10)13(18)19/h5-7,9H,3-4,8H2,1-2H3,(H,18,19)(H2,16,17,20). The second-order valence-electron chi connectivity index (χ2n) is 4.52. The van der Waals surface area contributed by atoms with Crippen molar-refractivity contribution in [2.24, 2.45) is 5.92 Å². The summed E-state index contributed by atoms with van der Waals surface area (Å²) in [5, 5.41) is 14.5. The van der Waals surface area contributed by atoms with Crippen molar-refractivity contribution < 1.29 is 14.7 Å². The maximum atomic E-state index is 11.7. The number of urea groups is 1. The molecule has 1 aromatic carbocycles. The molecule has 0 spiro atoms. The van der Waals surface area contributed by atoms with Crippen molar-refractivity contribution in [1.29, 1.82) is 0 Å². The molecule has 0 aromatic heterocycles. The first-order valence-corrected chi connectivity index (χ1v) is 6.93. The molecule has 0 radical (unpaired) electrons. The Labute approximate surface area is 123 Å². The lowest BCUT2D eigenvalue weighted by Crippen LogP contribution is -2.32. The van der Waals surface area contributed by atoms with E-state index in [1.54, 1.807) is 6.07 Å². The molecular formula is C14H19ClN2O3. The summed E-state index contributed by atoms with van der Waals surface area (Å²) in [6.45, 7) is 4.75. The number of carboxylic acids is 1. The molecule has 0 atom stereocenters. The maximum absolute atomic E-state index is 11.7. The third kappa shape index (κ3) is 4.74. The fourth-order valence-corrected chi connectivity index (χ4v) is 1.95. The van der Waals surface area contributed by atoms with Crippen molar-refractivity contribution in [2.75, 3.05) is 11.9 Å². The molecule has 0 heterocycles. The van der Waals surface area contributed by atoms with Gasteiger partial charge in [-0.15, -0.1) is 0 Å². The molecule has 2 amide bonds. The lowest BCUT2D eigenvalue weighted by atomic mass is 10.0. The molecule has 0 unspecified atom stereocenters. The highest BCUT2D eigenvalue weighted by molar-refractivity contribution is 6.33. The van der Waals surface area contributed by atoms with Crippen LogP contribution >= 0.6 is 11.6 Å². The number of hydrogen-bond donors (Lipinski definition) is 3. The first kappa shape index (κ1) is 16.3. The van der Waals surface area contributed by atoms with Crippen LogP contribution in [0.5, 0.6) is 0 Å². The molecule has 110 valence electrons. The molecule has 0 bridgehead atoms. The van der Waals surface area contributed by atoms with Crippen LogP contribution in [0.4, 0.5) is 10.5 Å². The molecule has 0 aliphatic rings. The molecule has 20 heavy (non-hydrogen) atoms. The number of rotatable bonds is 6. The first-order valence-electron chi connectivity index (χ1n) is 6.55. The van der Waals surface area contributed by atoms with E-state index >= 15 is 0 Å². The third-order valence-electron chi connectivity index (χ3n) is 3.16. The van der Waals surface area contributed by atoms with E-state index in [-0.39, 0.29) is 16.6 Å². The average molecular weight is 299 g/mol. The lowest BCUT2D eigenvalue weighted by molar-refractivity contribution is 0.0697. The van der Waals surface area contributed by atoms with Gasteiger partial charge in [0.2, 0.25) is 0 Å². The molecule has 0 aliphatic heterocycles. The Morgan fingerprint density at radius 3 is 2.50 bits per heavy atom. The summed E-state index contributed by atoms with van der Waals surface area (Å²) in [4.78, 5) is 22.7. The van der Waals surface area contributed by atoms with E-state index in [0.29, 0.717) is 18.2 Å². The largest absolute Gasteiger partial charge is 0.478 e. The number of nitrogens with one attached hydrogen (secondary N) is 2. The van der Waals surface area contributed by atoms with Gasteiger partial charge in [0.1, 0.15) is 0 Å². The van der Waals surface area contributed by atoms with Crippen molar-refractivity contribution >= 4 is 29.3 Å². The number of halogens is 1. The van der Waals surface area contributed by atoms with Gasteiger partial charge in [-0.05, 0) is 24.1 Å². The highest BCUT2D eigenvalue weighted by Gasteiger charge is 2.11. The van der Waals surface area contributed by atoms with E-state index in [2.05, 4.69) is 24.5 Å². The van der Waals surface area contributed by atoms with Crippen LogP contribution in [-0.2, 0) is 0 Å². The van der Waals surface area contributed by atoms with Crippen molar-refractivity contribution in [3.63, 3.8) is 0 Å². The molecular weight excluding hydrogens is 280 g/mol. The quantitative estimate of drug-likeness (QED) is 0.751. The van der Waals surface area contributed by atoms with Gasteiger partial charge in [0, 0.05) is 12.2 Å². The minimum absolute atomic E-state index is 0.0375. The predicted octanol–water partition coefficient (Wildman–Crippen LogP) is 3.60. The molecule has 3 N–H and O–H groups in total. The van der Waals surface area contributed by atoms with Crippen molar-refractivity contribution in [1.82, 2.24) is 5.32 Å². The van der Waals surface area contributed by atoms with Gasteiger partial charge < -0.3 is 15.7 Å². The summed E-state index contributed by atoms with van der Waals surface area (Å²) in [7, 11) is 0. The normalized spacial score (nSPS) is 10.4. The molecule has 1 rings (SSSR count). The van der Waals surface area contributed by atoms with Gasteiger partial charge >= 0.3 is 12.0 Å². The second-order valence-corrected chi connectivity index (χ2v) is 4.92. The number of aromatic carboxylic acids is 1. The highest BCUT2D eigenvalue weighted by Crippen LogP contribution is 2.20. The second kappa shape index (κ2) is 7.75. The van der Waals surface area contributed by atoms with Crippen LogP contribution in [0, 0.1) is 5.92 Å². The van der Waals surface area contributed by atoms with E-state index in [4.69, 9.17) is 16.7 Å². The fourth-order valence-electron chi connectivity index (χ4n) is 1.76. The smallest absolute Gasteiger partial charge is 0.337 e. The Morgan fingerprint density at radius 1 is 1.30 bits per heavy atom. The number of carbonyl (C=O) groups is 2. The van der Waals surface area contributed by atoms with Crippen LogP contribution in [-0.4, -0.2) is 23.7 Å². The van der Waals surface area contributed by atoms with Crippen molar-refractivity contribution in [3.8, 4) is 0 Å². The lowest BCUT2D eigenvalue weighted by Gasteiger charge is -2.14. The number of carbonyl (C=O) groups excluding carboxylic acids is 1. The number of amides is 2. The molecule has 0 fully saturated rings. The Morgan fingerprint density at radius 2 is 1.95 bits per heavy atom. The van der Waals surface area contributed by atoms with Crippen LogP contribution in [0.15, 0.2) is 18.2 Å². The maximum Gasteiger partial charge on any atom is 0.337 e. The molecule has 0 saturated carbocycles. The van der Waals surface area contributed by atoms with Crippen LogP contribution in [0.2, 0.25) is 5.02 Å². The Bertz CT molecular complexity index is 487. The van der Waals surface area contributed by atoms with Crippen molar-refractivity contribution in [3.05, 3.63) is 28.8 Å². The average Bonchev–Trinajstić information content (AvgIpc) is 2.41. The van der Waals surface area contributed by atoms with E-state index in [9.17, 15) is 9.59 Å². The van der Waals surface area contributed by atoms with E-state index < -0.39 is 5.97 Å².